The summed E-state index contributed by atoms with van der Waals surface area (Å²) < 4.78 is 24.9. The summed E-state index contributed by atoms with van der Waals surface area (Å²) in [6.07, 6.45) is 1.52. The normalized spacial score (nSPS) is 23.1. The molecule has 7 heteroatoms. The van der Waals surface area contributed by atoms with Gasteiger partial charge >= 0.3 is 0 Å². The smallest absolute Gasteiger partial charge is 0.240 e. The topological polar surface area (TPSA) is 66.5 Å². The number of benzene rings is 1. The SMILES string of the molecule is O=C(C1CSCN1)N1CCC(CS(=O)(=O)c2ccccc2)CC1. The predicted octanol–water partition coefficient (Wildman–Crippen LogP) is 1.36. The molecule has 0 radical (unpaired) electrons. The van der Waals surface area contributed by atoms with Crippen molar-refractivity contribution in [2.45, 2.75) is 23.8 Å². The van der Waals surface area contributed by atoms with Gasteiger partial charge in [-0.1, -0.05) is 18.2 Å². The maximum atomic E-state index is 12.4. The Hall–Kier alpha value is -1.05. The van der Waals surface area contributed by atoms with E-state index in [1.165, 1.54) is 0 Å². The van der Waals surface area contributed by atoms with Gasteiger partial charge in [-0.05, 0) is 30.9 Å². The molecule has 3 rings (SSSR count). The fourth-order valence-corrected chi connectivity index (χ4v) is 5.78. The number of carbonyl (C=O) groups is 1. The van der Waals surface area contributed by atoms with Gasteiger partial charge in [0.05, 0.1) is 16.7 Å². The zero-order chi connectivity index (χ0) is 16.3. The third-order valence-corrected chi connectivity index (χ3v) is 7.34. The Labute approximate surface area is 141 Å². The van der Waals surface area contributed by atoms with E-state index in [1.807, 2.05) is 11.0 Å². The van der Waals surface area contributed by atoms with Gasteiger partial charge in [-0.25, -0.2) is 8.42 Å². The van der Waals surface area contributed by atoms with Crippen LogP contribution in [0.4, 0.5) is 0 Å². The largest absolute Gasteiger partial charge is 0.341 e. The second-order valence-corrected chi connectivity index (χ2v) is 9.20. The van der Waals surface area contributed by atoms with Gasteiger partial charge in [0, 0.05) is 24.7 Å². The van der Waals surface area contributed by atoms with Crippen LogP contribution in [0.2, 0.25) is 0 Å². The van der Waals surface area contributed by atoms with Crippen LogP contribution in [-0.2, 0) is 14.6 Å². The first-order valence-corrected chi connectivity index (χ1v) is 10.7. The number of piperidine rings is 1. The molecule has 0 aromatic heterocycles. The molecule has 1 atom stereocenters. The van der Waals surface area contributed by atoms with Gasteiger partial charge in [-0.15, -0.1) is 11.8 Å². The van der Waals surface area contributed by atoms with Gasteiger partial charge in [0.1, 0.15) is 0 Å². The summed E-state index contributed by atoms with van der Waals surface area (Å²) in [6.45, 7) is 1.33. The van der Waals surface area contributed by atoms with E-state index in [4.69, 9.17) is 0 Å². The number of hydrogen-bond acceptors (Lipinski definition) is 5. The number of thioether (sulfide) groups is 1. The number of carbonyl (C=O) groups excluding carboxylic acids is 1. The molecule has 0 bridgehead atoms. The molecule has 2 aliphatic rings. The fourth-order valence-electron chi connectivity index (χ4n) is 3.13. The maximum absolute atomic E-state index is 12.4. The number of sulfone groups is 1. The molecule has 126 valence electrons. The Bertz CT molecular complexity index is 635. The van der Waals surface area contributed by atoms with Crippen molar-refractivity contribution in [2.24, 2.45) is 5.92 Å². The van der Waals surface area contributed by atoms with Crippen LogP contribution in [0.5, 0.6) is 0 Å². The zero-order valence-electron chi connectivity index (χ0n) is 13.0. The van der Waals surface area contributed by atoms with Crippen molar-refractivity contribution in [3.63, 3.8) is 0 Å². The second-order valence-electron chi connectivity index (χ2n) is 6.13. The lowest BCUT2D eigenvalue weighted by atomic mass is 9.98. The van der Waals surface area contributed by atoms with Crippen LogP contribution in [0.25, 0.3) is 0 Å². The van der Waals surface area contributed by atoms with Gasteiger partial charge in [0.25, 0.3) is 0 Å². The van der Waals surface area contributed by atoms with Crippen LogP contribution in [0.3, 0.4) is 0 Å². The van der Waals surface area contributed by atoms with Crippen molar-refractivity contribution in [1.29, 1.82) is 0 Å². The number of rotatable bonds is 4. The van der Waals surface area contributed by atoms with Crippen LogP contribution in [0, 0.1) is 5.92 Å². The van der Waals surface area contributed by atoms with Gasteiger partial charge in [-0.2, -0.15) is 0 Å². The van der Waals surface area contributed by atoms with Crippen molar-refractivity contribution in [3.8, 4) is 0 Å². The summed E-state index contributed by atoms with van der Waals surface area (Å²) in [7, 11) is -3.23. The molecule has 0 aliphatic carbocycles. The third-order valence-electron chi connectivity index (χ3n) is 4.50. The molecular formula is C16H22N2O3S2. The van der Waals surface area contributed by atoms with Crippen LogP contribution in [0.1, 0.15) is 12.8 Å². The van der Waals surface area contributed by atoms with Crippen LogP contribution < -0.4 is 5.32 Å². The molecule has 2 heterocycles. The van der Waals surface area contributed by atoms with Gasteiger partial charge in [-0.3, -0.25) is 10.1 Å². The highest BCUT2D eigenvalue weighted by Crippen LogP contribution is 2.23. The summed E-state index contributed by atoms with van der Waals surface area (Å²) in [5.41, 5.74) is 0. The van der Waals surface area contributed by atoms with E-state index >= 15 is 0 Å². The number of nitrogens with zero attached hydrogens (tertiary/aromatic N) is 1. The molecule has 2 saturated heterocycles. The van der Waals surface area contributed by atoms with Gasteiger partial charge < -0.3 is 4.90 Å². The fraction of sp³-hybridized carbons (Fsp3) is 0.562. The molecular weight excluding hydrogens is 332 g/mol. The molecule has 2 aliphatic heterocycles. The number of nitrogens with one attached hydrogen (secondary N) is 1. The average molecular weight is 354 g/mol. The Morgan fingerprint density at radius 2 is 1.91 bits per heavy atom. The van der Waals surface area contributed by atoms with Crippen molar-refractivity contribution < 1.29 is 13.2 Å². The third kappa shape index (κ3) is 4.08. The Morgan fingerprint density at radius 1 is 1.22 bits per heavy atom. The van der Waals surface area contributed by atoms with Crippen molar-refractivity contribution in [2.75, 3.05) is 30.5 Å². The van der Waals surface area contributed by atoms with Crippen LogP contribution in [0.15, 0.2) is 35.2 Å². The standard InChI is InChI=1S/C16H22N2O3S2/c19-16(15-10-22-12-17-15)18-8-6-13(7-9-18)11-23(20,21)14-4-2-1-3-5-14/h1-5,13,15,17H,6-12H2. The van der Waals surface area contributed by atoms with E-state index in [2.05, 4.69) is 5.32 Å². The quantitative estimate of drug-likeness (QED) is 0.884. The highest BCUT2D eigenvalue weighted by Gasteiger charge is 2.31. The molecule has 1 unspecified atom stereocenters. The lowest BCUT2D eigenvalue weighted by molar-refractivity contribution is -0.133. The van der Waals surface area contributed by atoms with Crippen LogP contribution >= 0.6 is 11.8 Å². The molecule has 1 aromatic carbocycles. The predicted molar refractivity (Wildman–Crippen MR) is 92.0 cm³/mol. The highest BCUT2D eigenvalue weighted by atomic mass is 32.2. The lowest BCUT2D eigenvalue weighted by Crippen LogP contribution is -2.48. The Balaban J connectivity index is 1.54. The molecule has 0 spiro atoms. The Kier molecular flexibility index (Phi) is 5.28. The van der Waals surface area contributed by atoms with Gasteiger partial charge in [0.2, 0.25) is 5.91 Å². The maximum Gasteiger partial charge on any atom is 0.240 e. The lowest BCUT2D eigenvalue weighted by Gasteiger charge is -2.33. The van der Waals surface area contributed by atoms with E-state index in [9.17, 15) is 13.2 Å². The monoisotopic (exact) mass is 354 g/mol. The first-order valence-electron chi connectivity index (χ1n) is 7.94. The Morgan fingerprint density at radius 3 is 2.52 bits per heavy atom. The highest BCUT2D eigenvalue weighted by molar-refractivity contribution is 7.99. The van der Waals surface area contributed by atoms with Gasteiger partial charge in [0.15, 0.2) is 9.84 Å². The molecule has 5 nitrogen and oxygen atoms in total. The summed E-state index contributed by atoms with van der Waals surface area (Å²) in [5.74, 6) is 2.15. The summed E-state index contributed by atoms with van der Waals surface area (Å²) in [5, 5.41) is 3.20. The van der Waals surface area contributed by atoms with Crippen LogP contribution in [-0.4, -0.2) is 55.7 Å². The van der Waals surface area contributed by atoms with Crippen molar-refractivity contribution in [3.05, 3.63) is 30.3 Å². The minimum atomic E-state index is -3.23. The van der Waals surface area contributed by atoms with E-state index in [1.54, 1.807) is 36.0 Å². The number of likely N-dealkylation sites (tertiary alicyclic amines) is 1. The summed E-state index contributed by atoms with van der Waals surface area (Å²) in [6, 6.07) is 8.55. The van der Waals surface area contributed by atoms with E-state index < -0.39 is 9.84 Å². The zero-order valence-corrected chi connectivity index (χ0v) is 14.6. The first kappa shape index (κ1) is 16.8. The number of amides is 1. The minimum Gasteiger partial charge on any atom is -0.341 e. The molecule has 1 amide bonds. The molecule has 1 N–H and O–H groups in total. The second kappa shape index (κ2) is 7.23. The minimum absolute atomic E-state index is 0.0652. The summed E-state index contributed by atoms with van der Waals surface area (Å²) >= 11 is 1.74. The molecule has 23 heavy (non-hydrogen) atoms. The van der Waals surface area contributed by atoms with Crippen molar-refractivity contribution >= 4 is 27.5 Å². The van der Waals surface area contributed by atoms with E-state index in [-0.39, 0.29) is 23.6 Å². The molecule has 1 aromatic rings. The van der Waals surface area contributed by atoms with E-state index in [0.717, 1.165) is 24.5 Å². The van der Waals surface area contributed by atoms with Crippen molar-refractivity contribution in [1.82, 2.24) is 10.2 Å². The summed E-state index contributed by atoms with van der Waals surface area (Å²) in [4.78, 5) is 14.6. The molecule has 0 saturated carbocycles. The molecule has 2 fully saturated rings. The average Bonchev–Trinajstić information content (AvgIpc) is 3.10. The number of hydrogen-bond donors (Lipinski definition) is 1. The first-order chi connectivity index (χ1) is 11.1. The van der Waals surface area contributed by atoms with E-state index in [0.29, 0.717) is 18.0 Å².